The van der Waals surface area contributed by atoms with Crippen LogP contribution in [0.4, 0.5) is 0 Å². The van der Waals surface area contributed by atoms with Gasteiger partial charge in [-0.1, -0.05) is 66.7 Å². The van der Waals surface area contributed by atoms with Gasteiger partial charge in [0, 0.05) is 30.3 Å². The molecule has 1 saturated heterocycles. The standard InChI is InChI=1S/C30H37N3O2/c1-35-28-19-9-8-17-26(28)23-32-27-18-12-22-33(29(27)24-13-4-2-5-14-24)21-11-10-20-31-30(34)25-15-6-3-7-16-25/h2-9,13-17,19,27,29,32H,10-12,18,20-23H2,1H3,(H,31,34). The molecule has 2 atom stereocenters. The lowest BCUT2D eigenvalue weighted by Crippen LogP contribution is -2.48. The summed E-state index contributed by atoms with van der Waals surface area (Å²) >= 11 is 0. The van der Waals surface area contributed by atoms with E-state index in [0.717, 1.165) is 50.2 Å². The lowest BCUT2D eigenvalue weighted by atomic mass is 9.89. The van der Waals surface area contributed by atoms with Crippen LogP contribution in [0, 0.1) is 0 Å². The van der Waals surface area contributed by atoms with Gasteiger partial charge in [0.15, 0.2) is 0 Å². The largest absolute Gasteiger partial charge is 0.496 e. The summed E-state index contributed by atoms with van der Waals surface area (Å²) < 4.78 is 5.56. The van der Waals surface area contributed by atoms with E-state index in [1.165, 1.54) is 17.5 Å². The van der Waals surface area contributed by atoms with Crippen molar-refractivity contribution in [2.24, 2.45) is 0 Å². The topological polar surface area (TPSA) is 53.6 Å². The number of likely N-dealkylation sites (tertiary alicyclic amines) is 1. The van der Waals surface area contributed by atoms with Crippen molar-refractivity contribution in [3.8, 4) is 5.75 Å². The molecule has 0 aliphatic carbocycles. The number of hydrogen-bond acceptors (Lipinski definition) is 4. The van der Waals surface area contributed by atoms with E-state index in [-0.39, 0.29) is 5.91 Å². The maximum absolute atomic E-state index is 12.3. The molecule has 0 bridgehead atoms. The number of amides is 1. The summed E-state index contributed by atoms with van der Waals surface area (Å²) in [4.78, 5) is 14.9. The van der Waals surface area contributed by atoms with Gasteiger partial charge in [0.1, 0.15) is 5.75 Å². The second-order valence-electron chi connectivity index (χ2n) is 9.16. The first-order chi connectivity index (χ1) is 17.3. The highest BCUT2D eigenvalue weighted by molar-refractivity contribution is 5.94. The van der Waals surface area contributed by atoms with Crippen LogP contribution in [0.5, 0.6) is 5.75 Å². The third kappa shape index (κ3) is 6.93. The van der Waals surface area contributed by atoms with Crippen LogP contribution in [0.2, 0.25) is 0 Å². The molecule has 2 N–H and O–H groups in total. The van der Waals surface area contributed by atoms with E-state index in [9.17, 15) is 4.79 Å². The molecule has 4 rings (SSSR count). The first kappa shape index (κ1) is 25.0. The Labute approximate surface area is 209 Å². The van der Waals surface area contributed by atoms with Gasteiger partial charge in [-0.3, -0.25) is 9.69 Å². The molecular formula is C30H37N3O2. The van der Waals surface area contributed by atoms with Crippen LogP contribution >= 0.6 is 0 Å². The zero-order chi connectivity index (χ0) is 24.3. The Morgan fingerprint density at radius 1 is 0.943 bits per heavy atom. The molecule has 1 heterocycles. The van der Waals surface area contributed by atoms with Gasteiger partial charge in [-0.15, -0.1) is 0 Å². The minimum atomic E-state index is 0.00587. The molecule has 2 unspecified atom stereocenters. The van der Waals surface area contributed by atoms with Gasteiger partial charge >= 0.3 is 0 Å². The van der Waals surface area contributed by atoms with E-state index in [2.05, 4.69) is 58.0 Å². The second kappa shape index (κ2) is 13.1. The minimum absolute atomic E-state index is 0.00587. The number of para-hydroxylation sites is 1. The summed E-state index contributed by atoms with van der Waals surface area (Å²) in [5.74, 6) is 0.938. The van der Waals surface area contributed by atoms with Crippen molar-refractivity contribution in [1.82, 2.24) is 15.5 Å². The molecule has 1 aliphatic rings. The number of carbonyl (C=O) groups is 1. The normalized spacial score (nSPS) is 18.2. The fourth-order valence-electron chi connectivity index (χ4n) is 5.05. The second-order valence-corrected chi connectivity index (χ2v) is 9.16. The monoisotopic (exact) mass is 471 g/mol. The SMILES string of the molecule is COc1ccccc1CNC1CCCN(CCCCNC(=O)c2ccccc2)C1c1ccccc1. The van der Waals surface area contributed by atoms with Crippen molar-refractivity contribution in [2.75, 3.05) is 26.7 Å². The number of hydrogen-bond donors (Lipinski definition) is 2. The molecule has 184 valence electrons. The van der Waals surface area contributed by atoms with Crippen molar-refractivity contribution in [3.05, 3.63) is 102 Å². The number of benzene rings is 3. The fourth-order valence-corrected chi connectivity index (χ4v) is 5.05. The molecule has 0 saturated carbocycles. The predicted octanol–water partition coefficient (Wildman–Crippen LogP) is 5.20. The molecule has 5 heteroatoms. The predicted molar refractivity (Wildman–Crippen MR) is 142 cm³/mol. The highest BCUT2D eigenvalue weighted by Crippen LogP contribution is 2.32. The van der Waals surface area contributed by atoms with Crippen LogP contribution in [-0.2, 0) is 6.54 Å². The minimum Gasteiger partial charge on any atom is -0.496 e. The summed E-state index contributed by atoms with van der Waals surface area (Å²) in [6.45, 7) is 3.61. The number of unbranched alkanes of at least 4 members (excludes halogenated alkanes) is 1. The van der Waals surface area contributed by atoms with Gasteiger partial charge in [-0.2, -0.15) is 0 Å². The van der Waals surface area contributed by atoms with Crippen LogP contribution in [0.3, 0.4) is 0 Å². The van der Waals surface area contributed by atoms with E-state index in [4.69, 9.17) is 4.74 Å². The maximum atomic E-state index is 12.3. The van der Waals surface area contributed by atoms with Gasteiger partial charge in [0.05, 0.1) is 13.2 Å². The van der Waals surface area contributed by atoms with Crippen molar-refractivity contribution in [3.63, 3.8) is 0 Å². The number of carbonyl (C=O) groups excluding carboxylic acids is 1. The first-order valence-electron chi connectivity index (χ1n) is 12.7. The van der Waals surface area contributed by atoms with Crippen molar-refractivity contribution < 1.29 is 9.53 Å². The van der Waals surface area contributed by atoms with Crippen LogP contribution in [0.15, 0.2) is 84.9 Å². The van der Waals surface area contributed by atoms with Crippen LogP contribution in [0.25, 0.3) is 0 Å². The number of rotatable bonds is 11. The number of nitrogens with one attached hydrogen (secondary N) is 2. The van der Waals surface area contributed by atoms with Gasteiger partial charge in [-0.05, 0) is 62.5 Å². The first-order valence-corrected chi connectivity index (χ1v) is 12.7. The Kier molecular flexibility index (Phi) is 9.32. The van der Waals surface area contributed by atoms with Gasteiger partial charge in [-0.25, -0.2) is 0 Å². The number of methoxy groups -OCH3 is 1. The molecule has 1 fully saturated rings. The zero-order valence-electron chi connectivity index (χ0n) is 20.7. The molecule has 3 aromatic carbocycles. The third-order valence-corrected chi connectivity index (χ3v) is 6.82. The Morgan fingerprint density at radius 3 is 2.43 bits per heavy atom. The van der Waals surface area contributed by atoms with Crippen LogP contribution < -0.4 is 15.4 Å². The molecule has 0 aromatic heterocycles. The molecule has 0 spiro atoms. The van der Waals surface area contributed by atoms with Crippen LogP contribution in [-0.4, -0.2) is 43.6 Å². The highest BCUT2D eigenvalue weighted by Gasteiger charge is 2.32. The van der Waals surface area contributed by atoms with Crippen molar-refractivity contribution in [2.45, 2.75) is 44.3 Å². The Hall–Kier alpha value is -3.15. The van der Waals surface area contributed by atoms with Crippen molar-refractivity contribution >= 4 is 5.91 Å². The smallest absolute Gasteiger partial charge is 0.251 e. The maximum Gasteiger partial charge on any atom is 0.251 e. The molecule has 1 aliphatic heterocycles. The van der Waals surface area contributed by atoms with Crippen LogP contribution in [0.1, 0.15) is 53.2 Å². The summed E-state index contributed by atoms with van der Waals surface area (Å²) in [7, 11) is 1.73. The Morgan fingerprint density at radius 2 is 1.66 bits per heavy atom. The number of ether oxygens (including phenoxy) is 1. The molecule has 35 heavy (non-hydrogen) atoms. The van der Waals surface area contributed by atoms with E-state index < -0.39 is 0 Å². The lowest BCUT2D eigenvalue weighted by Gasteiger charge is -2.42. The number of piperidine rings is 1. The molecule has 1 amide bonds. The number of nitrogens with zero attached hydrogens (tertiary/aromatic N) is 1. The highest BCUT2D eigenvalue weighted by atomic mass is 16.5. The molecule has 0 radical (unpaired) electrons. The Balaban J connectivity index is 1.34. The molecular weight excluding hydrogens is 434 g/mol. The summed E-state index contributed by atoms with van der Waals surface area (Å²) in [6, 6.07) is 29.2. The molecule has 3 aromatic rings. The zero-order valence-corrected chi connectivity index (χ0v) is 20.7. The van der Waals surface area contributed by atoms with E-state index in [0.29, 0.717) is 18.6 Å². The van der Waals surface area contributed by atoms with E-state index in [1.807, 2.05) is 42.5 Å². The lowest BCUT2D eigenvalue weighted by molar-refractivity contribution is 0.0947. The Bertz CT molecular complexity index is 1040. The molecule has 5 nitrogen and oxygen atoms in total. The van der Waals surface area contributed by atoms with E-state index in [1.54, 1.807) is 7.11 Å². The summed E-state index contributed by atoms with van der Waals surface area (Å²) in [5.41, 5.74) is 3.27. The quantitative estimate of drug-likeness (QED) is 0.378. The van der Waals surface area contributed by atoms with Gasteiger partial charge in [0.2, 0.25) is 0 Å². The third-order valence-electron chi connectivity index (χ3n) is 6.82. The van der Waals surface area contributed by atoms with Gasteiger partial charge < -0.3 is 15.4 Å². The summed E-state index contributed by atoms with van der Waals surface area (Å²) in [6.07, 6.45) is 4.35. The average molecular weight is 472 g/mol. The summed E-state index contributed by atoms with van der Waals surface area (Å²) in [5, 5.41) is 6.90. The average Bonchev–Trinajstić information content (AvgIpc) is 2.92. The van der Waals surface area contributed by atoms with E-state index >= 15 is 0 Å². The van der Waals surface area contributed by atoms with Crippen molar-refractivity contribution in [1.29, 1.82) is 0 Å². The fraction of sp³-hybridized carbons (Fsp3) is 0.367. The van der Waals surface area contributed by atoms with Gasteiger partial charge in [0.25, 0.3) is 5.91 Å².